The van der Waals surface area contributed by atoms with Gasteiger partial charge in [0.2, 0.25) is 6.17 Å². The van der Waals surface area contributed by atoms with Crippen molar-refractivity contribution in [1.29, 1.82) is 0 Å². The molecule has 2 rings (SSSR count). The molecule has 0 aliphatic carbocycles. The van der Waals surface area contributed by atoms with Crippen molar-refractivity contribution in [3.8, 4) is 0 Å². The number of carbonyl (C=O) groups excluding carboxylic acids is 2. The van der Waals surface area contributed by atoms with Gasteiger partial charge in [-0.25, -0.2) is 9.18 Å². The number of alkyl halides is 1. The highest BCUT2D eigenvalue weighted by Crippen LogP contribution is 2.35. The van der Waals surface area contributed by atoms with Gasteiger partial charge in [0.25, 0.3) is 5.91 Å². The number of carbonyl (C=O) groups is 2. The molecule has 0 bridgehead atoms. The van der Waals surface area contributed by atoms with Gasteiger partial charge in [0.05, 0.1) is 18.7 Å². The van der Waals surface area contributed by atoms with E-state index in [2.05, 4.69) is 14.9 Å². The Balaban J connectivity index is 2.05. The molecule has 1 aliphatic heterocycles. The minimum Gasteiger partial charge on any atom is -0.459 e. The average molecular weight is 271 g/mol. The summed E-state index contributed by atoms with van der Waals surface area (Å²) >= 11 is 0. The van der Waals surface area contributed by atoms with Crippen LogP contribution in [0.5, 0.6) is 0 Å². The van der Waals surface area contributed by atoms with E-state index in [4.69, 9.17) is 4.52 Å². The van der Waals surface area contributed by atoms with E-state index in [0.29, 0.717) is 0 Å². The second-order valence-electron chi connectivity index (χ2n) is 4.68. The van der Waals surface area contributed by atoms with Crippen LogP contribution < -0.4 is 0 Å². The Morgan fingerprint density at radius 2 is 2.26 bits per heavy atom. The van der Waals surface area contributed by atoms with Crippen LogP contribution in [0, 0.1) is 0 Å². The summed E-state index contributed by atoms with van der Waals surface area (Å²) in [4.78, 5) is 27.8. The summed E-state index contributed by atoms with van der Waals surface area (Å²) in [7, 11) is 0. The largest absolute Gasteiger partial charge is 0.459 e. The van der Waals surface area contributed by atoms with Crippen molar-refractivity contribution in [2.24, 2.45) is 0 Å². The number of hydrogen-bond donors (Lipinski definition) is 0. The molecule has 0 aromatic carbocycles. The second kappa shape index (κ2) is 4.60. The van der Waals surface area contributed by atoms with Gasteiger partial charge in [-0.2, -0.15) is 4.98 Å². The fourth-order valence-corrected chi connectivity index (χ4v) is 1.81. The van der Waals surface area contributed by atoms with Crippen LogP contribution in [0.2, 0.25) is 0 Å². The zero-order valence-corrected chi connectivity index (χ0v) is 10.8. The zero-order chi connectivity index (χ0) is 14.2. The summed E-state index contributed by atoms with van der Waals surface area (Å²) in [6, 6.07) is 0. The molecule has 2 heterocycles. The van der Waals surface area contributed by atoms with Crippen molar-refractivity contribution in [2.75, 3.05) is 6.61 Å². The minimum absolute atomic E-state index is 0.00480. The normalized spacial score (nSPS) is 21.2. The number of amides is 1. The Morgan fingerprint density at radius 1 is 1.58 bits per heavy atom. The minimum atomic E-state index is -1.52. The maximum absolute atomic E-state index is 13.3. The summed E-state index contributed by atoms with van der Waals surface area (Å²) in [6.45, 7) is 5.04. The van der Waals surface area contributed by atoms with Gasteiger partial charge >= 0.3 is 11.9 Å². The summed E-state index contributed by atoms with van der Waals surface area (Å²) in [5, 5.41) is 3.56. The van der Waals surface area contributed by atoms with Gasteiger partial charge in [-0.1, -0.05) is 5.16 Å². The van der Waals surface area contributed by atoms with E-state index >= 15 is 0 Å². The number of esters is 1. The SMILES string of the molecule is CCOC(=O)c1nc(CN2C(=O)C(F)C2(C)C)no1. The molecule has 1 amide bonds. The molecular formula is C11H14FN3O4. The molecule has 19 heavy (non-hydrogen) atoms. The molecule has 1 fully saturated rings. The van der Waals surface area contributed by atoms with Crippen LogP contribution in [-0.2, 0) is 16.1 Å². The van der Waals surface area contributed by atoms with Crippen molar-refractivity contribution < 1.29 is 23.2 Å². The number of hydrogen-bond acceptors (Lipinski definition) is 6. The third-order valence-corrected chi connectivity index (χ3v) is 3.02. The van der Waals surface area contributed by atoms with Crippen molar-refractivity contribution in [3.63, 3.8) is 0 Å². The van der Waals surface area contributed by atoms with E-state index in [0.717, 1.165) is 0 Å². The average Bonchev–Trinajstić information content (AvgIpc) is 2.83. The molecule has 104 valence electrons. The summed E-state index contributed by atoms with van der Waals surface area (Å²) < 4.78 is 22.7. The number of nitrogens with zero attached hydrogens (tertiary/aromatic N) is 3. The van der Waals surface area contributed by atoms with E-state index in [1.54, 1.807) is 20.8 Å². The summed E-state index contributed by atoms with van der Waals surface area (Å²) in [5.74, 6) is -1.48. The first-order chi connectivity index (χ1) is 8.87. The van der Waals surface area contributed by atoms with Crippen LogP contribution in [0.15, 0.2) is 4.52 Å². The van der Waals surface area contributed by atoms with Crippen LogP contribution in [0.25, 0.3) is 0 Å². The summed E-state index contributed by atoms with van der Waals surface area (Å²) in [6.07, 6.45) is -1.52. The lowest BCUT2D eigenvalue weighted by atomic mass is 9.86. The Labute approximate surface area is 108 Å². The maximum Gasteiger partial charge on any atom is 0.397 e. The lowest BCUT2D eigenvalue weighted by Crippen LogP contribution is -2.69. The van der Waals surface area contributed by atoms with E-state index in [1.165, 1.54) is 4.90 Å². The molecule has 8 heteroatoms. The van der Waals surface area contributed by atoms with E-state index in [1.807, 2.05) is 0 Å². The molecule has 0 saturated carbocycles. The number of likely N-dealkylation sites (tertiary alicyclic amines) is 1. The molecule has 7 nitrogen and oxygen atoms in total. The zero-order valence-electron chi connectivity index (χ0n) is 10.8. The van der Waals surface area contributed by atoms with Gasteiger partial charge in [-0.15, -0.1) is 0 Å². The first-order valence-electron chi connectivity index (χ1n) is 5.83. The van der Waals surface area contributed by atoms with Gasteiger partial charge in [-0.3, -0.25) is 4.79 Å². The second-order valence-corrected chi connectivity index (χ2v) is 4.68. The predicted octanol–water partition coefficient (Wildman–Crippen LogP) is 0.705. The Kier molecular flexibility index (Phi) is 3.25. The van der Waals surface area contributed by atoms with Gasteiger partial charge in [-0.05, 0) is 20.8 Å². The van der Waals surface area contributed by atoms with Gasteiger partial charge in [0, 0.05) is 0 Å². The van der Waals surface area contributed by atoms with Crippen molar-refractivity contribution >= 4 is 11.9 Å². The quantitative estimate of drug-likeness (QED) is 0.592. The molecule has 1 unspecified atom stereocenters. The molecule has 1 aromatic heterocycles. The summed E-state index contributed by atoms with van der Waals surface area (Å²) in [5.41, 5.74) is -0.901. The van der Waals surface area contributed by atoms with Crippen LogP contribution in [0.4, 0.5) is 4.39 Å². The molecule has 1 aliphatic rings. The maximum atomic E-state index is 13.3. The van der Waals surface area contributed by atoms with Gasteiger partial charge < -0.3 is 14.2 Å². The lowest BCUT2D eigenvalue weighted by Gasteiger charge is -2.49. The number of ether oxygens (including phenoxy) is 1. The molecule has 1 atom stereocenters. The van der Waals surface area contributed by atoms with E-state index in [9.17, 15) is 14.0 Å². The Bertz CT molecular complexity index is 514. The van der Waals surface area contributed by atoms with E-state index < -0.39 is 23.6 Å². The highest BCUT2D eigenvalue weighted by atomic mass is 19.1. The number of rotatable bonds is 4. The Morgan fingerprint density at radius 3 is 2.84 bits per heavy atom. The van der Waals surface area contributed by atoms with Crippen molar-refractivity contribution in [1.82, 2.24) is 15.0 Å². The monoisotopic (exact) mass is 271 g/mol. The fraction of sp³-hybridized carbons (Fsp3) is 0.636. The van der Waals surface area contributed by atoms with Crippen LogP contribution in [0.3, 0.4) is 0 Å². The molecule has 0 radical (unpaired) electrons. The predicted molar refractivity (Wildman–Crippen MR) is 59.8 cm³/mol. The molecular weight excluding hydrogens is 257 g/mol. The first-order valence-corrected chi connectivity index (χ1v) is 5.83. The highest BCUT2D eigenvalue weighted by Gasteiger charge is 2.54. The van der Waals surface area contributed by atoms with Crippen molar-refractivity contribution in [3.05, 3.63) is 11.7 Å². The number of β-lactam (4-membered cyclic amide) rings is 1. The van der Waals surface area contributed by atoms with Gasteiger partial charge in [0.1, 0.15) is 0 Å². The lowest BCUT2D eigenvalue weighted by molar-refractivity contribution is -0.171. The molecule has 0 spiro atoms. The third kappa shape index (κ3) is 2.18. The molecule has 0 N–H and O–H groups in total. The smallest absolute Gasteiger partial charge is 0.397 e. The van der Waals surface area contributed by atoms with Crippen LogP contribution in [-0.4, -0.2) is 45.2 Å². The fourth-order valence-electron chi connectivity index (χ4n) is 1.81. The standard InChI is InChI=1S/C11H14FN3O4/c1-4-18-10(17)8-13-6(14-19-8)5-15-9(16)7(12)11(15,2)3/h7H,4-5H2,1-3H3. The number of aromatic nitrogens is 2. The Hall–Kier alpha value is -1.99. The molecule has 1 aromatic rings. The van der Waals surface area contributed by atoms with Crippen LogP contribution in [0.1, 0.15) is 37.3 Å². The highest BCUT2D eigenvalue weighted by molar-refractivity contribution is 5.89. The van der Waals surface area contributed by atoms with Crippen LogP contribution >= 0.6 is 0 Å². The topological polar surface area (TPSA) is 85.5 Å². The first kappa shape index (κ1) is 13.4. The number of halogens is 1. The van der Waals surface area contributed by atoms with Gasteiger partial charge in [0.15, 0.2) is 5.82 Å². The third-order valence-electron chi connectivity index (χ3n) is 3.02. The van der Waals surface area contributed by atoms with Crippen molar-refractivity contribution in [2.45, 2.75) is 39.0 Å². The molecule has 1 saturated heterocycles. The van der Waals surface area contributed by atoms with E-state index in [-0.39, 0.29) is 24.9 Å².